The lowest BCUT2D eigenvalue weighted by Crippen LogP contribution is -2.48. The molecule has 1 heterocycles. The van der Waals surface area contributed by atoms with Crippen LogP contribution in [0.4, 0.5) is 0 Å². The maximum atomic E-state index is 12.1. The first-order valence-corrected chi connectivity index (χ1v) is 6.53. The molecule has 1 unspecified atom stereocenters. The highest BCUT2D eigenvalue weighted by molar-refractivity contribution is 5.82. The molecular formula is C13H24N2O3. The number of carboxylic acids is 1. The first-order valence-electron chi connectivity index (χ1n) is 6.53. The van der Waals surface area contributed by atoms with Gasteiger partial charge in [-0.3, -0.25) is 9.59 Å². The third-order valence-electron chi connectivity index (χ3n) is 3.33. The monoisotopic (exact) mass is 256 g/mol. The molecule has 1 fully saturated rings. The number of amides is 1. The molecule has 0 saturated carbocycles. The Kier molecular flexibility index (Phi) is 5.14. The smallest absolute Gasteiger partial charge is 0.323 e. The van der Waals surface area contributed by atoms with E-state index >= 15 is 0 Å². The summed E-state index contributed by atoms with van der Waals surface area (Å²) in [6.07, 6.45) is 2.40. The van der Waals surface area contributed by atoms with Crippen LogP contribution in [0.3, 0.4) is 0 Å². The molecule has 0 radical (unpaired) electrons. The van der Waals surface area contributed by atoms with Crippen LogP contribution in [-0.2, 0) is 9.59 Å². The van der Waals surface area contributed by atoms with Crippen molar-refractivity contribution in [1.29, 1.82) is 0 Å². The number of hydrogen-bond donors (Lipinski definition) is 2. The summed E-state index contributed by atoms with van der Waals surface area (Å²) in [6.45, 7) is 7.38. The zero-order chi connectivity index (χ0) is 13.8. The summed E-state index contributed by atoms with van der Waals surface area (Å²) in [5.74, 6) is -0.460. The van der Waals surface area contributed by atoms with Gasteiger partial charge in [-0.05, 0) is 52.6 Å². The molecule has 5 heteroatoms. The summed E-state index contributed by atoms with van der Waals surface area (Å²) in [6, 6.07) is 0. The Labute approximate surface area is 109 Å². The highest BCUT2D eigenvalue weighted by Gasteiger charge is 2.28. The van der Waals surface area contributed by atoms with E-state index in [2.05, 4.69) is 5.32 Å². The van der Waals surface area contributed by atoms with E-state index in [0.717, 1.165) is 25.9 Å². The van der Waals surface area contributed by atoms with Crippen LogP contribution in [0.2, 0.25) is 0 Å². The van der Waals surface area contributed by atoms with Gasteiger partial charge >= 0.3 is 5.97 Å². The van der Waals surface area contributed by atoms with Crippen molar-refractivity contribution in [1.82, 2.24) is 10.2 Å². The molecule has 5 nitrogen and oxygen atoms in total. The van der Waals surface area contributed by atoms with E-state index in [1.807, 2.05) is 20.8 Å². The van der Waals surface area contributed by atoms with Gasteiger partial charge in [0.15, 0.2) is 0 Å². The van der Waals surface area contributed by atoms with Crippen LogP contribution in [0.25, 0.3) is 0 Å². The van der Waals surface area contributed by atoms with Crippen molar-refractivity contribution >= 4 is 11.9 Å². The second-order valence-electron chi connectivity index (χ2n) is 5.94. The molecule has 1 atom stereocenters. The third kappa shape index (κ3) is 4.64. The van der Waals surface area contributed by atoms with Crippen LogP contribution >= 0.6 is 0 Å². The van der Waals surface area contributed by atoms with E-state index < -0.39 is 11.5 Å². The summed E-state index contributed by atoms with van der Waals surface area (Å²) >= 11 is 0. The lowest BCUT2D eigenvalue weighted by atomic mass is 10.00. The summed E-state index contributed by atoms with van der Waals surface area (Å²) in [4.78, 5) is 24.4. The predicted molar refractivity (Wildman–Crippen MR) is 69.3 cm³/mol. The van der Waals surface area contributed by atoms with Crippen molar-refractivity contribution in [3.05, 3.63) is 0 Å². The van der Waals surface area contributed by atoms with Gasteiger partial charge in [0.05, 0.1) is 0 Å². The number of hydrogen-bond acceptors (Lipinski definition) is 3. The summed E-state index contributed by atoms with van der Waals surface area (Å²) in [5.41, 5.74) is -0.441. The molecule has 0 bridgehead atoms. The number of nitrogens with zero attached hydrogens (tertiary/aromatic N) is 1. The fourth-order valence-corrected chi connectivity index (χ4v) is 2.26. The van der Waals surface area contributed by atoms with Gasteiger partial charge < -0.3 is 15.3 Å². The quantitative estimate of drug-likeness (QED) is 0.772. The zero-order valence-electron chi connectivity index (χ0n) is 11.5. The third-order valence-corrected chi connectivity index (χ3v) is 3.33. The second kappa shape index (κ2) is 6.18. The average molecular weight is 256 g/mol. The summed E-state index contributed by atoms with van der Waals surface area (Å²) < 4.78 is 0. The predicted octanol–water partition coefficient (Wildman–Crippen LogP) is 1.09. The van der Waals surface area contributed by atoms with E-state index in [1.165, 1.54) is 4.90 Å². The molecule has 0 spiro atoms. The Balaban J connectivity index is 2.50. The number of carbonyl (C=O) groups excluding carboxylic acids is 1. The van der Waals surface area contributed by atoms with E-state index in [1.54, 1.807) is 0 Å². The topological polar surface area (TPSA) is 69.6 Å². The second-order valence-corrected chi connectivity index (χ2v) is 5.94. The largest absolute Gasteiger partial charge is 0.480 e. The number of carbonyl (C=O) groups is 2. The van der Waals surface area contributed by atoms with Gasteiger partial charge in [-0.25, -0.2) is 0 Å². The maximum absolute atomic E-state index is 12.1. The SMILES string of the molecule is CC(C)(C)N(CC(=O)O)C(=O)CCC1CCNC1. The molecule has 1 aliphatic rings. The van der Waals surface area contributed by atoms with Crippen molar-refractivity contribution in [3.8, 4) is 0 Å². The first-order chi connectivity index (χ1) is 8.30. The van der Waals surface area contributed by atoms with Crippen molar-refractivity contribution in [2.24, 2.45) is 5.92 Å². The molecule has 0 aliphatic carbocycles. The Morgan fingerprint density at radius 1 is 1.39 bits per heavy atom. The van der Waals surface area contributed by atoms with Gasteiger partial charge in [-0.2, -0.15) is 0 Å². The van der Waals surface area contributed by atoms with Crippen molar-refractivity contribution in [2.75, 3.05) is 19.6 Å². The van der Waals surface area contributed by atoms with Gasteiger partial charge in [0.1, 0.15) is 6.54 Å². The molecule has 1 rings (SSSR count). The van der Waals surface area contributed by atoms with Crippen LogP contribution < -0.4 is 5.32 Å². The van der Waals surface area contributed by atoms with E-state index in [4.69, 9.17) is 5.11 Å². The zero-order valence-corrected chi connectivity index (χ0v) is 11.5. The Morgan fingerprint density at radius 3 is 2.50 bits per heavy atom. The summed E-state index contributed by atoms with van der Waals surface area (Å²) in [5, 5.41) is 12.1. The van der Waals surface area contributed by atoms with E-state index in [9.17, 15) is 9.59 Å². The van der Waals surface area contributed by atoms with E-state index in [0.29, 0.717) is 12.3 Å². The molecule has 1 amide bonds. The lowest BCUT2D eigenvalue weighted by molar-refractivity contribution is -0.148. The van der Waals surface area contributed by atoms with Crippen LogP contribution in [0.15, 0.2) is 0 Å². The highest BCUT2D eigenvalue weighted by Crippen LogP contribution is 2.19. The summed E-state index contributed by atoms with van der Waals surface area (Å²) in [7, 11) is 0. The Bertz CT molecular complexity index is 304. The van der Waals surface area contributed by atoms with E-state index in [-0.39, 0.29) is 12.5 Å². The molecular weight excluding hydrogens is 232 g/mol. The molecule has 1 saturated heterocycles. The Morgan fingerprint density at radius 2 is 2.06 bits per heavy atom. The van der Waals surface area contributed by atoms with Crippen LogP contribution in [0.5, 0.6) is 0 Å². The van der Waals surface area contributed by atoms with Gasteiger partial charge in [0.25, 0.3) is 0 Å². The highest BCUT2D eigenvalue weighted by atomic mass is 16.4. The molecule has 0 aromatic rings. The number of aliphatic carboxylic acids is 1. The van der Waals surface area contributed by atoms with Gasteiger partial charge in [-0.1, -0.05) is 0 Å². The minimum absolute atomic E-state index is 0.0585. The van der Waals surface area contributed by atoms with Crippen LogP contribution in [0, 0.1) is 5.92 Å². The lowest BCUT2D eigenvalue weighted by Gasteiger charge is -2.34. The van der Waals surface area contributed by atoms with Crippen LogP contribution in [-0.4, -0.2) is 47.1 Å². The fourth-order valence-electron chi connectivity index (χ4n) is 2.26. The first kappa shape index (κ1) is 15.0. The number of carboxylic acid groups (broad SMARTS) is 1. The number of nitrogens with one attached hydrogen (secondary N) is 1. The normalized spacial score (nSPS) is 19.8. The van der Waals surface area contributed by atoms with Crippen molar-refractivity contribution in [3.63, 3.8) is 0 Å². The molecule has 104 valence electrons. The van der Waals surface area contributed by atoms with Gasteiger partial charge in [-0.15, -0.1) is 0 Å². The van der Waals surface area contributed by atoms with Crippen LogP contribution in [0.1, 0.15) is 40.0 Å². The Hall–Kier alpha value is -1.10. The molecule has 0 aromatic heterocycles. The molecule has 18 heavy (non-hydrogen) atoms. The van der Waals surface area contributed by atoms with Crippen molar-refractivity contribution in [2.45, 2.75) is 45.6 Å². The number of rotatable bonds is 5. The minimum Gasteiger partial charge on any atom is -0.480 e. The van der Waals surface area contributed by atoms with Crippen molar-refractivity contribution < 1.29 is 14.7 Å². The molecule has 2 N–H and O–H groups in total. The van der Waals surface area contributed by atoms with Gasteiger partial charge in [0.2, 0.25) is 5.91 Å². The standard InChI is InChI=1S/C13H24N2O3/c1-13(2,3)15(9-12(17)18)11(16)5-4-10-6-7-14-8-10/h10,14H,4-9H2,1-3H3,(H,17,18). The minimum atomic E-state index is -0.958. The fraction of sp³-hybridized carbons (Fsp3) is 0.846. The van der Waals surface area contributed by atoms with Gasteiger partial charge in [0, 0.05) is 12.0 Å². The average Bonchev–Trinajstić information content (AvgIpc) is 2.73. The molecule has 0 aromatic carbocycles. The maximum Gasteiger partial charge on any atom is 0.323 e. The molecule has 1 aliphatic heterocycles.